The largest absolute Gasteiger partial charge is 0.382 e. The Balaban J connectivity index is 3.34. The molecule has 0 fully saturated rings. The highest BCUT2D eigenvalue weighted by Gasteiger charge is 2.02. The van der Waals surface area contributed by atoms with Gasteiger partial charge in [-0.2, -0.15) is 0 Å². The molecule has 0 N–H and O–H groups in total. The van der Waals surface area contributed by atoms with E-state index in [-0.39, 0.29) is 12.2 Å². The van der Waals surface area contributed by atoms with Crippen molar-refractivity contribution in [2.24, 2.45) is 0 Å². The minimum absolute atomic E-state index is 0.0485. The van der Waals surface area contributed by atoms with Gasteiger partial charge in [-0.05, 0) is 12.5 Å². The Kier molecular flexibility index (Phi) is 6.90. The number of methoxy groups -OCH3 is 1. The Labute approximate surface area is 71.2 Å². The van der Waals surface area contributed by atoms with Crippen molar-refractivity contribution in [2.75, 3.05) is 26.9 Å². The maximum atomic E-state index is 11.9. The first-order valence-electron chi connectivity index (χ1n) is 3.70. The molecule has 0 radical (unpaired) electrons. The van der Waals surface area contributed by atoms with Gasteiger partial charge in [0.2, 0.25) is 0 Å². The Morgan fingerprint density at radius 1 is 1.42 bits per heavy atom. The summed E-state index contributed by atoms with van der Waals surface area (Å²) in [6.45, 7) is 2.52. The third-order valence-electron chi connectivity index (χ3n) is 1.30. The van der Waals surface area contributed by atoms with Crippen LogP contribution in [0.15, 0.2) is 11.6 Å². The van der Waals surface area contributed by atoms with Gasteiger partial charge in [0, 0.05) is 7.11 Å². The molecule has 72 valence electrons. The molecule has 12 heavy (non-hydrogen) atoms. The molecule has 0 rings (SSSR count). The number of hydrogen-bond donors (Lipinski definition) is 0. The van der Waals surface area contributed by atoms with Crippen LogP contribution in [0.4, 0.5) is 8.78 Å². The van der Waals surface area contributed by atoms with Gasteiger partial charge in [0.25, 0.3) is 6.43 Å². The van der Waals surface area contributed by atoms with E-state index in [0.29, 0.717) is 13.2 Å². The molecule has 0 aromatic heterocycles. The third-order valence-corrected chi connectivity index (χ3v) is 1.30. The van der Waals surface area contributed by atoms with Crippen molar-refractivity contribution in [1.82, 2.24) is 0 Å². The second kappa shape index (κ2) is 7.18. The molecule has 0 bridgehead atoms. The number of alkyl halides is 2. The number of halogens is 2. The molecule has 0 aliphatic rings. The van der Waals surface area contributed by atoms with Crippen LogP contribution in [0.3, 0.4) is 0 Å². The summed E-state index contributed by atoms with van der Waals surface area (Å²) in [4.78, 5) is 0. The molecule has 0 amide bonds. The highest BCUT2D eigenvalue weighted by Crippen LogP contribution is 2.05. The molecule has 0 heterocycles. The predicted molar refractivity (Wildman–Crippen MR) is 42.5 cm³/mol. The SMILES string of the molecule is COCCOCC=C(C)C(F)F. The van der Waals surface area contributed by atoms with E-state index in [0.717, 1.165) is 0 Å². The van der Waals surface area contributed by atoms with Crippen molar-refractivity contribution < 1.29 is 18.3 Å². The zero-order chi connectivity index (χ0) is 9.40. The van der Waals surface area contributed by atoms with Crippen LogP contribution in [0.5, 0.6) is 0 Å². The summed E-state index contributed by atoms with van der Waals surface area (Å²) in [6.07, 6.45) is -1.00. The Morgan fingerprint density at radius 2 is 2.08 bits per heavy atom. The number of ether oxygens (including phenoxy) is 2. The number of rotatable bonds is 6. The molecule has 4 heteroatoms. The second-order valence-corrected chi connectivity index (χ2v) is 2.32. The summed E-state index contributed by atoms with van der Waals surface area (Å²) >= 11 is 0. The minimum atomic E-state index is -2.38. The molecule has 0 aromatic rings. The first-order valence-corrected chi connectivity index (χ1v) is 3.70. The molecule has 0 aliphatic carbocycles. The number of hydrogen-bond acceptors (Lipinski definition) is 2. The molecule has 0 aliphatic heterocycles. The lowest BCUT2D eigenvalue weighted by Gasteiger charge is -2.01. The Morgan fingerprint density at radius 3 is 2.58 bits per heavy atom. The van der Waals surface area contributed by atoms with Gasteiger partial charge in [0.05, 0.1) is 19.8 Å². The van der Waals surface area contributed by atoms with Crippen LogP contribution in [-0.2, 0) is 9.47 Å². The van der Waals surface area contributed by atoms with Crippen LogP contribution in [0.1, 0.15) is 6.92 Å². The van der Waals surface area contributed by atoms with Gasteiger partial charge in [-0.1, -0.05) is 6.08 Å². The first-order chi connectivity index (χ1) is 5.68. The molecule has 0 saturated carbocycles. The van der Waals surface area contributed by atoms with E-state index in [2.05, 4.69) is 0 Å². The highest BCUT2D eigenvalue weighted by atomic mass is 19.3. The maximum Gasteiger partial charge on any atom is 0.259 e. The summed E-state index contributed by atoms with van der Waals surface area (Å²) in [5.41, 5.74) is 0.0485. The van der Waals surface area contributed by atoms with Gasteiger partial charge < -0.3 is 9.47 Å². The lowest BCUT2D eigenvalue weighted by atomic mass is 10.3. The van der Waals surface area contributed by atoms with E-state index in [1.807, 2.05) is 0 Å². The molecule has 0 aromatic carbocycles. The molecular formula is C8H14F2O2. The van der Waals surface area contributed by atoms with Crippen LogP contribution < -0.4 is 0 Å². The average Bonchev–Trinajstić information content (AvgIpc) is 2.03. The van der Waals surface area contributed by atoms with Crippen LogP contribution in [-0.4, -0.2) is 33.4 Å². The van der Waals surface area contributed by atoms with Gasteiger partial charge in [0.15, 0.2) is 0 Å². The van der Waals surface area contributed by atoms with Crippen molar-refractivity contribution in [2.45, 2.75) is 13.3 Å². The fourth-order valence-electron chi connectivity index (χ4n) is 0.505. The lowest BCUT2D eigenvalue weighted by Crippen LogP contribution is -2.02. The summed E-state index contributed by atoms with van der Waals surface area (Å²) in [7, 11) is 1.56. The smallest absolute Gasteiger partial charge is 0.259 e. The molecule has 0 spiro atoms. The summed E-state index contributed by atoms with van der Waals surface area (Å²) in [5.74, 6) is 0. The summed E-state index contributed by atoms with van der Waals surface area (Å²) in [5, 5.41) is 0. The molecule has 0 saturated heterocycles. The number of allylic oxidation sites excluding steroid dienone is 1. The van der Waals surface area contributed by atoms with Gasteiger partial charge in [0.1, 0.15) is 0 Å². The van der Waals surface area contributed by atoms with Crippen LogP contribution in [0.2, 0.25) is 0 Å². The van der Waals surface area contributed by atoms with E-state index in [9.17, 15) is 8.78 Å². The van der Waals surface area contributed by atoms with E-state index in [1.165, 1.54) is 13.0 Å². The molecule has 0 unspecified atom stereocenters. The van der Waals surface area contributed by atoms with E-state index >= 15 is 0 Å². The topological polar surface area (TPSA) is 18.5 Å². The van der Waals surface area contributed by atoms with Crippen LogP contribution in [0, 0.1) is 0 Å². The first kappa shape index (κ1) is 11.5. The maximum absolute atomic E-state index is 11.9. The van der Waals surface area contributed by atoms with Gasteiger partial charge >= 0.3 is 0 Å². The van der Waals surface area contributed by atoms with Crippen molar-refractivity contribution in [3.05, 3.63) is 11.6 Å². The van der Waals surface area contributed by atoms with E-state index < -0.39 is 6.43 Å². The minimum Gasteiger partial charge on any atom is -0.382 e. The summed E-state index contributed by atoms with van der Waals surface area (Å²) in [6, 6.07) is 0. The summed E-state index contributed by atoms with van der Waals surface area (Å²) < 4.78 is 33.4. The fourth-order valence-corrected chi connectivity index (χ4v) is 0.505. The predicted octanol–water partition coefficient (Wildman–Crippen LogP) is 1.86. The zero-order valence-electron chi connectivity index (χ0n) is 7.35. The van der Waals surface area contributed by atoms with Gasteiger partial charge in [-0.25, -0.2) is 8.78 Å². The van der Waals surface area contributed by atoms with Crippen molar-refractivity contribution in [1.29, 1.82) is 0 Å². The highest BCUT2D eigenvalue weighted by molar-refractivity contribution is 5.00. The second-order valence-electron chi connectivity index (χ2n) is 2.32. The Bertz CT molecular complexity index is 135. The zero-order valence-corrected chi connectivity index (χ0v) is 7.35. The van der Waals surface area contributed by atoms with Crippen molar-refractivity contribution >= 4 is 0 Å². The van der Waals surface area contributed by atoms with Crippen LogP contribution in [0.25, 0.3) is 0 Å². The third kappa shape index (κ3) is 6.24. The Hall–Kier alpha value is -0.480. The lowest BCUT2D eigenvalue weighted by molar-refractivity contribution is 0.0843. The normalized spacial score (nSPS) is 12.6. The van der Waals surface area contributed by atoms with Gasteiger partial charge in [-0.3, -0.25) is 0 Å². The van der Waals surface area contributed by atoms with Crippen LogP contribution >= 0.6 is 0 Å². The quantitative estimate of drug-likeness (QED) is 0.459. The molecule has 2 nitrogen and oxygen atoms in total. The average molecular weight is 180 g/mol. The molecule has 0 atom stereocenters. The van der Waals surface area contributed by atoms with E-state index in [1.54, 1.807) is 7.11 Å². The van der Waals surface area contributed by atoms with E-state index in [4.69, 9.17) is 9.47 Å². The van der Waals surface area contributed by atoms with Crippen molar-refractivity contribution in [3.63, 3.8) is 0 Å². The monoisotopic (exact) mass is 180 g/mol. The fraction of sp³-hybridized carbons (Fsp3) is 0.750. The standard InChI is InChI=1S/C8H14F2O2/c1-7(8(9)10)3-4-12-6-5-11-2/h3,8H,4-6H2,1-2H3. The van der Waals surface area contributed by atoms with Gasteiger partial charge in [-0.15, -0.1) is 0 Å². The molecular weight excluding hydrogens is 166 g/mol. The van der Waals surface area contributed by atoms with Crippen molar-refractivity contribution in [3.8, 4) is 0 Å².